The highest BCUT2D eigenvalue weighted by atomic mass is 16.6. The van der Waals surface area contributed by atoms with E-state index in [0.717, 1.165) is 0 Å². The fourth-order valence-electron chi connectivity index (χ4n) is 4.22. The molecule has 2 aromatic carbocycles. The average molecular weight is 521 g/mol. The highest BCUT2D eigenvalue weighted by Crippen LogP contribution is 2.25. The van der Waals surface area contributed by atoms with E-state index in [0.29, 0.717) is 35.8 Å². The zero-order valence-corrected chi connectivity index (χ0v) is 20.8. The summed E-state index contributed by atoms with van der Waals surface area (Å²) < 4.78 is 15.4. The van der Waals surface area contributed by atoms with E-state index in [4.69, 9.17) is 15.9 Å². The van der Waals surface area contributed by atoms with Crippen LogP contribution in [0.5, 0.6) is 0 Å². The van der Waals surface area contributed by atoms with Crippen molar-refractivity contribution in [1.82, 2.24) is 4.90 Å². The van der Waals surface area contributed by atoms with Gasteiger partial charge in [-0.1, -0.05) is 5.92 Å². The van der Waals surface area contributed by atoms with Crippen LogP contribution in [0.4, 0.5) is 21.9 Å². The maximum absolute atomic E-state index is 13.3. The van der Waals surface area contributed by atoms with Gasteiger partial charge in [-0.15, -0.1) is 6.42 Å². The van der Waals surface area contributed by atoms with Crippen LogP contribution < -0.4 is 15.5 Å². The van der Waals surface area contributed by atoms with E-state index in [-0.39, 0.29) is 32.1 Å². The number of rotatable bonds is 7. The monoisotopic (exact) mass is 520 g/mol. The molecule has 2 heterocycles. The Labute approximate surface area is 220 Å². The Bertz CT molecular complexity index is 1220. The number of nitrogens with one attached hydrogen (secondary N) is 2. The van der Waals surface area contributed by atoms with Gasteiger partial charge in [-0.25, -0.2) is 9.59 Å². The predicted molar refractivity (Wildman–Crippen MR) is 139 cm³/mol. The third-order valence-corrected chi connectivity index (χ3v) is 6.23. The van der Waals surface area contributed by atoms with Crippen molar-refractivity contribution in [2.45, 2.75) is 18.6 Å². The third kappa shape index (κ3) is 6.47. The van der Waals surface area contributed by atoms with Crippen LogP contribution in [-0.4, -0.2) is 80.9 Å². The first kappa shape index (κ1) is 26.7. The molecule has 2 saturated heterocycles. The summed E-state index contributed by atoms with van der Waals surface area (Å²) in [4.78, 5) is 53.0. The first-order valence-corrected chi connectivity index (χ1v) is 12.0. The summed E-state index contributed by atoms with van der Waals surface area (Å²) >= 11 is 0. The van der Waals surface area contributed by atoms with Crippen LogP contribution >= 0.6 is 0 Å². The molecule has 2 atom stereocenters. The maximum atomic E-state index is 13.3. The number of urea groups is 1. The Morgan fingerprint density at radius 3 is 2.42 bits per heavy atom. The molecule has 2 fully saturated rings. The number of likely N-dealkylation sites (tertiary alicyclic amines) is 1. The highest BCUT2D eigenvalue weighted by Gasteiger charge is 2.40. The number of anilines is 3. The number of carbonyl (C=O) groups excluding carboxylic acids is 4. The zero-order valence-electron chi connectivity index (χ0n) is 20.8. The zero-order chi connectivity index (χ0) is 27.1. The van der Waals surface area contributed by atoms with E-state index in [1.807, 2.05) is 0 Å². The number of ether oxygens (including phenoxy) is 3. The largest absolute Gasteiger partial charge is 0.467 e. The molecular formula is C27H28N4O7. The van der Waals surface area contributed by atoms with Gasteiger partial charge in [-0.3, -0.25) is 9.59 Å². The molecule has 0 aromatic heterocycles. The van der Waals surface area contributed by atoms with Gasteiger partial charge in [0.05, 0.1) is 19.8 Å². The van der Waals surface area contributed by atoms with E-state index >= 15 is 0 Å². The third-order valence-electron chi connectivity index (χ3n) is 6.23. The van der Waals surface area contributed by atoms with Crippen molar-refractivity contribution in [3.8, 4) is 12.3 Å². The molecule has 0 radical (unpaired) electrons. The first-order chi connectivity index (χ1) is 18.4. The number of amides is 4. The molecule has 0 unspecified atom stereocenters. The van der Waals surface area contributed by atoms with Crippen LogP contribution in [0.2, 0.25) is 0 Å². The summed E-state index contributed by atoms with van der Waals surface area (Å²) in [5, 5.41) is 5.60. The molecule has 2 aliphatic rings. The summed E-state index contributed by atoms with van der Waals surface area (Å²) in [7, 11) is 1.25. The number of hydrogen-bond acceptors (Lipinski definition) is 7. The number of hydrogen-bond donors (Lipinski definition) is 2. The molecule has 2 aliphatic heterocycles. The van der Waals surface area contributed by atoms with Crippen LogP contribution in [0, 0.1) is 12.3 Å². The molecule has 11 heteroatoms. The number of esters is 1. The molecule has 2 N–H and O–H groups in total. The van der Waals surface area contributed by atoms with E-state index in [1.54, 1.807) is 53.4 Å². The van der Waals surface area contributed by atoms with Crippen LogP contribution in [-0.2, 0) is 28.6 Å². The number of terminal acetylenes is 1. The van der Waals surface area contributed by atoms with E-state index < -0.39 is 30.1 Å². The van der Waals surface area contributed by atoms with E-state index in [2.05, 4.69) is 21.3 Å². The van der Waals surface area contributed by atoms with Gasteiger partial charge in [0.15, 0.2) is 0 Å². The second kappa shape index (κ2) is 12.2. The Morgan fingerprint density at radius 1 is 1.08 bits per heavy atom. The van der Waals surface area contributed by atoms with E-state index in [9.17, 15) is 19.2 Å². The first-order valence-electron chi connectivity index (χ1n) is 12.0. The Morgan fingerprint density at radius 2 is 1.76 bits per heavy atom. The lowest BCUT2D eigenvalue weighted by atomic mass is 10.1. The van der Waals surface area contributed by atoms with E-state index in [1.165, 1.54) is 12.0 Å². The van der Waals surface area contributed by atoms with Crippen molar-refractivity contribution in [3.63, 3.8) is 0 Å². The lowest BCUT2D eigenvalue weighted by molar-refractivity contribution is -0.147. The lowest BCUT2D eigenvalue weighted by Gasteiger charge is -2.27. The van der Waals surface area contributed by atoms with Gasteiger partial charge in [0.2, 0.25) is 5.91 Å². The normalized spacial score (nSPS) is 19.0. The van der Waals surface area contributed by atoms with Gasteiger partial charge in [-0.2, -0.15) is 0 Å². The van der Waals surface area contributed by atoms with Gasteiger partial charge in [-0.05, 0) is 48.5 Å². The Balaban J connectivity index is 1.44. The summed E-state index contributed by atoms with van der Waals surface area (Å²) in [6, 6.07) is 12.2. The minimum atomic E-state index is -0.858. The Kier molecular flexibility index (Phi) is 8.58. The molecule has 4 amide bonds. The average Bonchev–Trinajstić information content (AvgIpc) is 3.38. The van der Waals surface area contributed by atoms with Crippen molar-refractivity contribution < 1.29 is 33.4 Å². The summed E-state index contributed by atoms with van der Waals surface area (Å²) in [6.45, 7) is 0.749. The van der Waals surface area contributed by atoms with Crippen LogP contribution in [0.1, 0.15) is 12.0 Å². The molecule has 198 valence electrons. The van der Waals surface area contributed by atoms with Gasteiger partial charge in [0, 0.05) is 42.1 Å². The second-order valence-electron chi connectivity index (χ2n) is 8.70. The van der Waals surface area contributed by atoms with Crippen LogP contribution in [0.15, 0.2) is 48.5 Å². The van der Waals surface area contributed by atoms with Crippen molar-refractivity contribution in [2.24, 2.45) is 0 Å². The topological polar surface area (TPSA) is 127 Å². The SMILES string of the molecule is C#Cc1ccc(NC(=O)N2C[C@H](OCC(=O)OC)C[C@@H]2C(=O)Nc2ccc(N3CCOCC3=O)cc2)cc1. The lowest BCUT2D eigenvalue weighted by Crippen LogP contribution is -2.45. The van der Waals surface area contributed by atoms with Gasteiger partial charge in [0.1, 0.15) is 19.3 Å². The smallest absolute Gasteiger partial charge is 0.331 e. The summed E-state index contributed by atoms with van der Waals surface area (Å²) in [5.74, 6) is 1.41. The Hall–Kier alpha value is -4.40. The fraction of sp³-hybridized carbons (Fsp3) is 0.333. The molecule has 11 nitrogen and oxygen atoms in total. The minimum Gasteiger partial charge on any atom is -0.467 e. The number of methoxy groups -OCH3 is 1. The van der Waals surface area contributed by atoms with Crippen molar-refractivity contribution in [3.05, 3.63) is 54.1 Å². The van der Waals surface area contributed by atoms with Crippen LogP contribution in [0.25, 0.3) is 0 Å². The standard InChI is InChI=1S/C27H28N4O7/c1-3-18-4-6-20(7-5-18)29-27(35)31-15-22(38-17-25(33)36-2)14-23(31)26(34)28-19-8-10-21(11-9-19)30-12-13-37-16-24(30)32/h1,4-11,22-23H,12-17H2,2H3,(H,28,34)(H,29,35)/t22-,23-/m1/s1. The molecule has 0 bridgehead atoms. The second-order valence-corrected chi connectivity index (χ2v) is 8.70. The minimum absolute atomic E-state index is 0.0331. The molecule has 0 saturated carbocycles. The predicted octanol–water partition coefficient (Wildman–Crippen LogP) is 1.83. The van der Waals surface area contributed by atoms with Gasteiger partial charge in [0.25, 0.3) is 5.91 Å². The highest BCUT2D eigenvalue weighted by molar-refractivity contribution is 6.00. The quantitative estimate of drug-likeness (QED) is 0.421. The van der Waals surface area contributed by atoms with Gasteiger partial charge < -0.3 is 34.6 Å². The fourth-order valence-corrected chi connectivity index (χ4v) is 4.22. The molecule has 0 aliphatic carbocycles. The van der Waals surface area contributed by atoms with Crippen LogP contribution in [0.3, 0.4) is 0 Å². The van der Waals surface area contributed by atoms with Crippen molar-refractivity contribution in [2.75, 3.05) is 55.6 Å². The molecule has 0 spiro atoms. The molecule has 2 aromatic rings. The molecular weight excluding hydrogens is 492 g/mol. The number of morpholine rings is 1. The maximum Gasteiger partial charge on any atom is 0.331 e. The van der Waals surface area contributed by atoms with Crippen molar-refractivity contribution in [1.29, 1.82) is 0 Å². The number of nitrogens with zero attached hydrogens (tertiary/aromatic N) is 2. The van der Waals surface area contributed by atoms with Crippen molar-refractivity contribution >= 4 is 40.9 Å². The number of carbonyl (C=O) groups is 4. The summed E-state index contributed by atoms with van der Waals surface area (Å²) in [5.41, 5.74) is 2.39. The summed E-state index contributed by atoms with van der Waals surface area (Å²) in [6.07, 6.45) is 5.02. The molecule has 4 rings (SSSR count). The van der Waals surface area contributed by atoms with Gasteiger partial charge >= 0.3 is 12.0 Å². The number of benzene rings is 2. The molecule has 38 heavy (non-hydrogen) atoms.